The number of hydrogen-bond donors (Lipinski definition) is 0. The van der Waals surface area contributed by atoms with Gasteiger partial charge >= 0.3 is 6.18 Å². The maximum atomic E-state index is 12.1. The van der Waals surface area contributed by atoms with Crippen molar-refractivity contribution < 1.29 is 13.2 Å². The fourth-order valence-corrected chi connectivity index (χ4v) is 1.93. The molecular weight excluding hydrogens is 239 g/mol. The molecule has 0 bridgehead atoms. The summed E-state index contributed by atoms with van der Waals surface area (Å²) in [5.74, 6) is 0. The molecule has 0 saturated carbocycles. The van der Waals surface area contributed by atoms with Crippen molar-refractivity contribution in [2.24, 2.45) is 0 Å². The van der Waals surface area contributed by atoms with E-state index in [2.05, 4.69) is 6.08 Å². The van der Waals surface area contributed by atoms with Crippen molar-refractivity contribution in [2.75, 3.05) is 13.1 Å². The summed E-state index contributed by atoms with van der Waals surface area (Å²) in [6.07, 6.45) is 2.52. The van der Waals surface area contributed by atoms with E-state index >= 15 is 0 Å². The van der Waals surface area contributed by atoms with E-state index in [0.717, 1.165) is 19.3 Å². The summed E-state index contributed by atoms with van der Waals surface area (Å²) in [6, 6.07) is 0.214. The summed E-state index contributed by atoms with van der Waals surface area (Å²) in [5.41, 5.74) is 0. The van der Waals surface area contributed by atoms with E-state index in [1.165, 1.54) is 0 Å². The number of hydrogen-bond acceptors (Lipinski definition) is 1. The lowest BCUT2D eigenvalue weighted by Crippen LogP contribution is -2.37. The largest absolute Gasteiger partial charge is 0.390 e. The molecule has 1 unspecified atom stereocenters. The van der Waals surface area contributed by atoms with Crippen LogP contribution in [0.15, 0.2) is 12.2 Å². The molecule has 0 fully saturated rings. The number of halogens is 4. The Balaban J connectivity index is 0.00000225. The predicted molar refractivity (Wildman–Crippen MR) is 61.9 cm³/mol. The quantitative estimate of drug-likeness (QED) is 0.693. The van der Waals surface area contributed by atoms with Gasteiger partial charge in [-0.1, -0.05) is 19.1 Å². The number of allylic oxidation sites excluding steroid dienone is 1. The van der Waals surface area contributed by atoms with Crippen LogP contribution in [0.1, 0.15) is 32.6 Å². The van der Waals surface area contributed by atoms with Gasteiger partial charge in [0, 0.05) is 12.6 Å². The van der Waals surface area contributed by atoms with Gasteiger partial charge in [-0.25, -0.2) is 0 Å². The van der Waals surface area contributed by atoms with Gasteiger partial charge < -0.3 is 0 Å². The van der Waals surface area contributed by atoms with Crippen LogP contribution in [0, 0.1) is 0 Å². The maximum Gasteiger partial charge on any atom is 0.390 e. The van der Waals surface area contributed by atoms with E-state index < -0.39 is 12.6 Å². The topological polar surface area (TPSA) is 3.24 Å². The normalized spacial score (nSPS) is 20.9. The lowest BCUT2D eigenvalue weighted by atomic mass is 10.0. The number of likely N-dealkylation sites (N-methyl/N-ethyl adjacent to an activating group) is 1. The Kier molecular flexibility index (Phi) is 7.07. The third-order valence-electron chi connectivity index (χ3n) is 2.79. The highest BCUT2D eigenvalue weighted by Crippen LogP contribution is 2.22. The minimum absolute atomic E-state index is 0. The third kappa shape index (κ3) is 5.75. The molecule has 96 valence electrons. The Morgan fingerprint density at radius 3 is 2.50 bits per heavy atom. The molecule has 1 nitrogen and oxygen atoms in total. The molecule has 0 radical (unpaired) electrons. The minimum Gasteiger partial charge on any atom is -0.297 e. The Hall–Kier alpha value is -0.220. The molecule has 0 aliphatic heterocycles. The summed E-state index contributed by atoms with van der Waals surface area (Å²) >= 11 is 0. The summed E-state index contributed by atoms with van der Waals surface area (Å²) in [6.45, 7) is 2.72. The molecule has 1 rings (SSSR count). The number of alkyl halides is 3. The molecule has 1 atom stereocenters. The van der Waals surface area contributed by atoms with Crippen LogP contribution in [0.4, 0.5) is 13.2 Å². The molecule has 0 heterocycles. The molecular formula is C11H19ClF3N. The summed E-state index contributed by atoms with van der Waals surface area (Å²) in [4.78, 5) is 1.91. The minimum atomic E-state index is -4.04. The first-order valence-corrected chi connectivity index (χ1v) is 5.50. The van der Waals surface area contributed by atoms with Gasteiger partial charge in [0.15, 0.2) is 0 Å². The van der Waals surface area contributed by atoms with Gasteiger partial charge in [-0.3, -0.25) is 4.90 Å². The first kappa shape index (κ1) is 15.8. The molecule has 0 saturated heterocycles. The fraction of sp³-hybridized carbons (Fsp3) is 0.818. The van der Waals surface area contributed by atoms with Gasteiger partial charge in [-0.2, -0.15) is 13.2 Å². The van der Waals surface area contributed by atoms with Crippen molar-refractivity contribution in [1.29, 1.82) is 0 Å². The van der Waals surface area contributed by atoms with Crippen LogP contribution in [-0.4, -0.2) is 30.2 Å². The first-order chi connectivity index (χ1) is 7.03. The Labute approximate surface area is 101 Å². The van der Waals surface area contributed by atoms with Crippen LogP contribution in [-0.2, 0) is 0 Å². The van der Waals surface area contributed by atoms with E-state index in [4.69, 9.17) is 0 Å². The Bertz CT molecular complexity index is 216. The highest BCUT2D eigenvalue weighted by atomic mass is 35.5. The average Bonchev–Trinajstić information content (AvgIpc) is 2.19. The standard InChI is InChI=1S/C11H18F3N.ClH/c1-2-15(9-8-11(12,13)14)10-6-4-3-5-7-10;/h4,6,10H,2-3,5,7-9H2,1H3;1H. The fourth-order valence-electron chi connectivity index (χ4n) is 1.93. The zero-order valence-corrected chi connectivity index (χ0v) is 10.3. The highest BCUT2D eigenvalue weighted by molar-refractivity contribution is 5.85. The second-order valence-electron chi connectivity index (χ2n) is 3.92. The van der Waals surface area contributed by atoms with Crippen LogP contribution in [0.5, 0.6) is 0 Å². The van der Waals surface area contributed by atoms with E-state index in [0.29, 0.717) is 6.54 Å². The van der Waals surface area contributed by atoms with Gasteiger partial charge in [0.2, 0.25) is 0 Å². The maximum absolute atomic E-state index is 12.1. The molecule has 0 aromatic rings. The molecule has 1 aliphatic rings. The van der Waals surface area contributed by atoms with Crippen molar-refractivity contribution in [1.82, 2.24) is 4.90 Å². The Morgan fingerprint density at radius 2 is 2.06 bits per heavy atom. The number of nitrogens with zero attached hydrogens (tertiary/aromatic N) is 1. The second kappa shape index (κ2) is 7.17. The van der Waals surface area contributed by atoms with Crippen LogP contribution < -0.4 is 0 Å². The van der Waals surface area contributed by atoms with Crippen molar-refractivity contribution in [3.63, 3.8) is 0 Å². The van der Waals surface area contributed by atoms with Gasteiger partial charge in [0.25, 0.3) is 0 Å². The Morgan fingerprint density at radius 1 is 1.38 bits per heavy atom. The predicted octanol–water partition coefficient (Wildman–Crippen LogP) is 3.79. The lowest BCUT2D eigenvalue weighted by Gasteiger charge is -2.30. The zero-order valence-electron chi connectivity index (χ0n) is 9.46. The van der Waals surface area contributed by atoms with Crippen molar-refractivity contribution in [2.45, 2.75) is 44.8 Å². The molecule has 1 aliphatic carbocycles. The molecule has 0 spiro atoms. The average molecular weight is 258 g/mol. The van der Waals surface area contributed by atoms with Gasteiger partial charge in [0.1, 0.15) is 0 Å². The van der Waals surface area contributed by atoms with E-state index in [1.807, 2.05) is 17.9 Å². The molecule has 5 heteroatoms. The van der Waals surface area contributed by atoms with Gasteiger partial charge in [-0.05, 0) is 25.8 Å². The second-order valence-corrected chi connectivity index (χ2v) is 3.92. The zero-order chi connectivity index (χ0) is 11.3. The highest BCUT2D eigenvalue weighted by Gasteiger charge is 2.28. The molecule has 0 aromatic carbocycles. The van der Waals surface area contributed by atoms with E-state index in [9.17, 15) is 13.2 Å². The molecule has 0 amide bonds. The monoisotopic (exact) mass is 257 g/mol. The van der Waals surface area contributed by atoms with Crippen molar-refractivity contribution in [3.8, 4) is 0 Å². The van der Waals surface area contributed by atoms with Crippen molar-refractivity contribution >= 4 is 12.4 Å². The summed E-state index contributed by atoms with van der Waals surface area (Å²) in [5, 5.41) is 0. The summed E-state index contributed by atoms with van der Waals surface area (Å²) in [7, 11) is 0. The van der Waals surface area contributed by atoms with Crippen molar-refractivity contribution in [3.05, 3.63) is 12.2 Å². The first-order valence-electron chi connectivity index (χ1n) is 5.50. The molecule has 16 heavy (non-hydrogen) atoms. The van der Waals surface area contributed by atoms with Gasteiger partial charge in [0.05, 0.1) is 6.42 Å². The SMILES string of the molecule is CCN(CCC(F)(F)F)C1C=CCCC1.Cl. The summed E-state index contributed by atoms with van der Waals surface area (Å²) < 4.78 is 36.2. The van der Waals surface area contributed by atoms with Crippen LogP contribution in [0.2, 0.25) is 0 Å². The van der Waals surface area contributed by atoms with Crippen LogP contribution in [0.3, 0.4) is 0 Å². The van der Waals surface area contributed by atoms with E-state index in [-0.39, 0.29) is 25.0 Å². The smallest absolute Gasteiger partial charge is 0.297 e. The third-order valence-corrected chi connectivity index (χ3v) is 2.79. The molecule has 0 aromatic heterocycles. The molecule has 0 N–H and O–H groups in total. The van der Waals surface area contributed by atoms with Crippen LogP contribution in [0.25, 0.3) is 0 Å². The lowest BCUT2D eigenvalue weighted by molar-refractivity contribution is -0.138. The van der Waals surface area contributed by atoms with Crippen LogP contribution >= 0.6 is 12.4 Å². The van der Waals surface area contributed by atoms with E-state index in [1.54, 1.807) is 0 Å². The number of rotatable bonds is 4. The van der Waals surface area contributed by atoms with Gasteiger partial charge in [-0.15, -0.1) is 12.4 Å².